The molecule has 0 aromatic heterocycles. The molecule has 0 heterocycles. The van der Waals surface area contributed by atoms with E-state index in [9.17, 15) is 0 Å². The van der Waals surface area contributed by atoms with E-state index in [1.165, 1.54) is 0 Å². The molecule has 0 amide bonds. The quantitative estimate of drug-likeness (QED) is 0.477. The molecule has 1 rings (SSSR count). The molecule has 0 saturated carbocycles. The maximum Gasteiger partial charge on any atom is 0.497 e. The topological polar surface area (TPSA) is 61.3 Å². The van der Waals surface area contributed by atoms with E-state index in [2.05, 4.69) is 0 Å². The van der Waals surface area contributed by atoms with Gasteiger partial charge in [-0.2, -0.15) is 0 Å². The fourth-order valence-electron chi connectivity index (χ4n) is 0.943. The molecule has 0 bridgehead atoms. The van der Waals surface area contributed by atoms with E-state index >= 15 is 0 Å². The lowest BCUT2D eigenvalue weighted by Crippen LogP contribution is -2.22. The second-order valence-corrected chi connectivity index (χ2v) is 2.70. The van der Waals surface area contributed by atoms with E-state index in [1.54, 1.807) is 0 Å². The molecule has 4 heteroatoms. The Labute approximate surface area is 68.5 Å². The highest BCUT2D eigenvalue weighted by molar-refractivity contribution is 5.99. The zero-order valence-corrected chi connectivity index (χ0v) is 8.00. The van der Waals surface area contributed by atoms with Crippen molar-refractivity contribution in [3.8, 4) is 0 Å². The summed E-state index contributed by atoms with van der Waals surface area (Å²) >= 11 is 0.682. The SMILES string of the molecule is NC1=CC(N)CC=C1[O][AlH2]. The highest BCUT2D eigenvalue weighted by Crippen LogP contribution is 2.13. The van der Waals surface area contributed by atoms with E-state index in [1.807, 2.05) is 12.2 Å². The lowest BCUT2D eigenvalue weighted by molar-refractivity contribution is 0.470. The van der Waals surface area contributed by atoms with Gasteiger partial charge in [-0.1, -0.05) is 0 Å². The summed E-state index contributed by atoms with van der Waals surface area (Å²) in [6.07, 6.45) is 4.60. The molecule has 0 aromatic rings. The van der Waals surface area contributed by atoms with Crippen molar-refractivity contribution in [2.24, 2.45) is 11.5 Å². The van der Waals surface area contributed by atoms with Crippen molar-refractivity contribution in [2.45, 2.75) is 12.5 Å². The molecule has 1 unspecified atom stereocenters. The summed E-state index contributed by atoms with van der Waals surface area (Å²) in [7, 11) is 0. The second-order valence-electron chi connectivity index (χ2n) is 2.29. The third-order valence-corrected chi connectivity index (χ3v) is 1.91. The molecule has 1 atom stereocenters. The zero-order valence-electron chi connectivity index (χ0n) is 6.00. The zero-order chi connectivity index (χ0) is 7.56. The van der Waals surface area contributed by atoms with Crippen molar-refractivity contribution in [1.29, 1.82) is 0 Å². The van der Waals surface area contributed by atoms with Gasteiger partial charge < -0.3 is 15.3 Å². The van der Waals surface area contributed by atoms with E-state index < -0.39 is 0 Å². The Morgan fingerprint density at radius 3 is 2.90 bits per heavy atom. The third-order valence-electron chi connectivity index (χ3n) is 1.47. The van der Waals surface area contributed by atoms with Crippen LogP contribution in [0.5, 0.6) is 0 Å². The smallest absolute Gasteiger partial charge is 0.497 e. The van der Waals surface area contributed by atoms with E-state index in [-0.39, 0.29) is 6.04 Å². The van der Waals surface area contributed by atoms with E-state index in [4.69, 9.17) is 15.3 Å². The van der Waals surface area contributed by atoms with Crippen molar-refractivity contribution in [3.05, 3.63) is 23.6 Å². The van der Waals surface area contributed by atoms with Crippen molar-refractivity contribution >= 4 is 16.6 Å². The highest BCUT2D eigenvalue weighted by Gasteiger charge is 2.08. The first-order chi connectivity index (χ1) is 4.74. The van der Waals surface area contributed by atoms with Crippen LogP contribution in [0.2, 0.25) is 0 Å². The monoisotopic (exact) mass is 154 g/mol. The van der Waals surface area contributed by atoms with Gasteiger partial charge in [-0.15, -0.1) is 0 Å². The average molecular weight is 154 g/mol. The Morgan fingerprint density at radius 1 is 1.70 bits per heavy atom. The Bertz CT molecular complexity index is 188. The standard InChI is InChI=1S/C6H10N2O.Al.2H/c7-4-1-2-6(9)5(8)3-4;;;/h2-4,9H,1,7-8H2;;;/q;+1;;/p-1. The first-order valence-corrected chi connectivity index (χ1v) is 4.03. The fraction of sp³-hybridized carbons (Fsp3) is 0.333. The van der Waals surface area contributed by atoms with Crippen LogP contribution < -0.4 is 11.5 Å². The Balaban J connectivity index is 2.71. The van der Waals surface area contributed by atoms with E-state index in [0.29, 0.717) is 22.3 Å². The first-order valence-electron chi connectivity index (χ1n) is 3.21. The predicted octanol–water partition coefficient (Wildman–Crippen LogP) is -0.991. The summed E-state index contributed by atoms with van der Waals surface area (Å²) in [5.74, 6) is 0.799. The number of hydrogen-bond acceptors (Lipinski definition) is 3. The lowest BCUT2D eigenvalue weighted by Gasteiger charge is -2.16. The van der Waals surface area contributed by atoms with Gasteiger partial charge in [0, 0.05) is 6.04 Å². The molecule has 0 aromatic carbocycles. The van der Waals surface area contributed by atoms with Crippen LogP contribution in [0.1, 0.15) is 6.42 Å². The number of nitrogens with two attached hydrogens (primary N) is 2. The third kappa shape index (κ3) is 1.54. The molecule has 0 saturated heterocycles. The molecule has 10 heavy (non-hydrogen) atoms. The van der Waals surface area contributed by atoms with Crippen LogP contribution >= 0.6 is 0 Å². The molecule has 0 spiro atoms. The van der Waals surface area contributed by atoms with Crippen LogP contribution in [0.25, 0.3) is 0 Å². The average Bonchev–Trinajstić information content (AvgIpc) is 1.88. The van der Waals surface area contributed by atoms with Crippen LogP contribution in [0.3, 0.4) is 0 Å². The fourth-order valence-corrected chi connectivity index (χ4v) is 1.35. The van der Waals surface area contributed by atoms with Crippen LogP contribution in [0.4, 0.5) is 0 Å². The molecule has 1 aliphatic carbocycles. The summed E-state index contributed by atoms with van der Waals surface area (Å²) in [6.45, 7) is 0. The van der Waals surface area contributed by atoms with Gasteiger partial charge in [-0.05, 0) is 18.6 Å². The maximum atomic E-state index is 5.60. The van der Waals surface area contributed by atoms with Gasteiger partial charge in [-0.3, -0.25) is 0 Å². The maximum absolute atomic E-state index is 5.60. The summed E-state index contributed by atoms with van der Waals surface area (Å²) in [4.78, 5) is 0. The predicted molar refractivity (Wildman–Crippen MR) is 42.6 cm³/mol. The van der Waals surface area contributed by atoms with Gasteiger partial charge >= 0.3 is 16.6 Å². The normalized spacial score (nSPS) is 25.1. The Hall–Kier alpha value is -0.428. The Kier molecular flexibility index (Phi) is 2.39. The second kappa shape index (κ2) is 3.11. The highest BCUT2D eigenvalue weighted by atomic mass is 27.1. The molecule has 0 aliphatic heterocycles. The van der Waals surface area contributed by atoms with Crippen molar-refractivity contribution in [3.63, 3.8) is 0 Å². The van der Waals surface area contributed by atoms with Crippen molar-refractivity contribution in [1.82, 2.24) is 0 Å². The summed E-state index contributed by atoms with van der Waals surface area (Å²) < 4.78 is 5.10. The van der Waals surface area contributed by atoms with Gasteiger partial charge in [0.05, 0.1) is 11.5 Å². The number of hydrogen-bond donors (Lipinski definition) is 2. The van der Waals surface area contributed by atoms with Crippen LogP contribution in [0.15, 0.2) is 23.6 Å². The minimum Gasteiger partial charge on any atom is -0.646 e. The van der Waals surface area contributed by atoms with Crippen molar-refractivity contribution in [2.75, 3.05) is 0 Å². The summed E-state index contributed by atoms with van der Waals surface area (Å²) in [6, 6.07) is 0.0700. The van der Waals surface area contributed by atoms with Gasteiger partial charge in [0.15, 0.2) is 0 Å². The molecule has 0 radical (unpaired) electrons. The molecular weight excluding hydrogens is 143 g/mol. The lowest BCUT2D eigenvalue weighted by atomic mass is 10.1. The first kappa shape index (κ1) is 7.68. The molecular formula is C6H11AlN2O. The minimum absolute atomic E-state index is 0.0700. The Morgan fingerprint density at radius 2 is 2.40 bits per heavy atom. The van der Waals surface area contributed by atoms with Crippen LogP contribution in [-0.2, 0) is 3.79 Å². The largest absolute Gasteiger partial charge is 0.646 e. The molecule has 3 nitrogen and oxygen atoms in total. The molecule has 1 aliphatic rings. The van der Waals surface area contributed by atoms with Crippen LogP contribution in [-0.4, -0.2) is 22.7 Å². The van der Waals surface area contributed by atoms with Gasteiger partial charge in [0.2, 0.25) is 0 Å². The molecule has 0 fully saturated rings. The molecule has 4 N–H and O–H groups in total. The van der Waals surface area contributed by atoms with Crippen molar-refractivity contribution < 1.29 is 3.79 Å². The number of rotatable bonds is 1. The van der Waals surface area contributed by atoms with Gasteiger partial charge in [-0.25, -0.2) is 0 Å². The van der Waals surface area contributed by atoms with Crippen LogP contribution in [0, 0.1) is 0 Å². The minimum atomic E-state index is 0.0700. The van der Waals surface area contributed by atoms with Gasteiger partial charge in [0.1, 0.15) is 0 Å². The summed E-state index contributed by atoms with van der Waals surface area (Å²) in [5, 5.41) is 0. The van der Waals surface area contributed by atoms with E-state index in [0.717, 1.165) is 12.2 Å². The summed E-state index contributed by atoms with van der Waals surface area (Å²) in [5.41, 5.74) is 11.9. The van der Waals surface area contributed by atoms with Gasteiger partial charge in [0.25, 0.3) is 0 Å². The molecule has 54 valence electrons.